The van der Waals surface area contributed by atoms with E-state index in [-0.39, 0.29) is 25.7 Å². The van der Waals surface area contributed by atoms with E-state index in [1.807, 2.05) is 24.3 Å². The molecule has 0 aliphatic carbocycles. The lowest BCUT2D eigenvalue weighted by Gasteiger charge is -2.36. The number of piperazine rings is 1. The molecule has 10 heteroatoms. The number of carbonyl (C=O) groups is 3. The fourth-order valence-corrected chi connectivity index (χ4v) is 4.41. The van der Waals surface area contributed by atoms with Crippen molar-refractivity contribution < 1.29 is 28.6 Å². The number of carbonyl (C=O) groups excluding carboxylic acids is 3. The van der Waals surface area contributed by atoms with Gasteiger partial charge in [-0.05, 0) is 29.8 Å². The molecule has 0 saturated carbocycles. The number of urea groups is 1. The zero-order valence-corrected chi connectivity index (χ0v) is 18.9. The fourth-order valence-electron chi connectivity index (χ4n) is 4.41. The number of amides is 4. The van der Waals surface area contributed by atoms with Crippen molar-refractivity contribution in [3.05, 3.63) is 48.0 Å². The second-order valence-corrected chi connectivity index (χ2v) is 8.39. The Morgan fingerprint density at radius 2 is 1.85 bits per heavy atom. The first-order valence-electron chi connectivity index (χ1n) is 11.2. The van der Waals surface area contributed by atoms with Gasteiger partial charge in [-0.25, -0.2) is 4.79 Å². The van der Waals surface area contributed by atoms with Gasteiger partial charge in [-0.2, -0.15) is 0 Å². The van der Waals surface area contributed by atoms with Crippen molar-refractivity contribution in [2.24, 2.45) is 0 Å². The zero-order chi connectivity index (χ0) is 23.7. The number of benzene rings is 2. The number of nitrogens with zero attached hydrogens (tertiary/aromatic N) is 3. The molecule has 34 heavy (non-hydrogen) atoms. The summed E-state index contributed by atoms with van der Waals surface area (Å²) in [7, 11) is 1.63. The predicted molar refractivity (Wildman–Crippen MR) is 122 cm³/mol. The molecule has 2 aromatic carbocycles. The molecule has 178 valence electrons. The quantitative estimate of drug-likeness (QED) is 0.645. The summed E-state index contributed by atoms with van der Waals surface area (Å²) in [6, 6.07) is 11.8. The highest BCUT2D eigenvalue weighted by molar-refractivity contribution is 6.05. The molecule has 3 aliphatic rings. The van der Waals surface area contributed by atoms with E-state index >= 15 is 0 Å². The number of imide groups is 1. The molecule has 4 amide bonds. The van der Waals surface area contributed by atoms with Gasteiger partial charge >= 0.3 is 6.03 Å². The minimum absolute atomic E-state index is 0.0542. The van der Waals surface area contributed by atoms with Crippen molar-refractivity contribution >= 4 is 23.5 Å². The minimum atomic E-state index is -0.856. The largest absolute Gasteiger partial charge is 0.497 e. The molecule has 10 nitrogen and oxygen atoms in total. The Bertz CT molecular complexity index is 1110. The highest BCUT2D eigenvalue weighted by atomic mass is 16.7. The summed E-state index contributed by atoms with van der Waals surface area (Å²) in [6.07, 6.45) is -0.0542. The van der Waals surface area contributed by atoms with Crippen molar-refractivity contribution in [2.45, 2.75) is 19.0 Å². The van der Waals surface area contributed by atoms with Crippen molar-refractivity contribution in [3.8, 4) is 17.2 Å². The summed E-state index contributed by atoms with van der Waals surface area (Å²) in [6.45, 7) is 2.71. The standard InChI is InChI=1S/C24H26N4O6/c1-32-18-4-2-3-17(12-18)26-7-9-27(10-8-26)22(29)13-19-23(30)28(24(31)25-19)14-16-5-6-20-21(11-16)34-15-33-20/h2-6,11-12,19H,7-10,13-15H2,1H3,(H,25,31)/t19-/m1/s1. The first kappa shape index (κ1) is 21.9. The van der Waals surface area contributed by atoms with E-state index in [1.165, 1.54) is 0 Å². The second-order valence-electron chi connectivity index (χ2n) is 8.39. The van der Waals surface area contributed by atoms with Crippen LogP contribution in [0.5, 0.6) is 17.2 Å². The summed E-state index contributed by atoms with van der Waals surface area (Å²) in [5.74, 6) is 1.47. The monoisotopic (exact) mass is 466 g/mol. The van der Waals surface area contributed by atoms with Gasteiger partial charge < -0.3 is 29.3 Å². The molecule has 2 aromatic rings. The highest BCUT2D eigenvalue weighted by Gasteiger charge is 2.40. The van der Waals surface area contributed by atoms with Gasteiger partial charge in [-0.3, -0.25) is 14.5 Å². The molecule has 0 aromatic heterocycles. The smallest absolute Gasteiger partial charge is 0.325 e. The van der Waals surface area contributed by atoms with E-state index in [0.717, 1.165) is 21.9 Å². The summed E-state index contributed by atoms with van der Waals surface area (Å²) in [4.78, 5) is 43.3. The first-order valence-corrected chi connectivity index (χ1v) is 11.2. The summed E-state index contributed by atoms with van der Waals surface area (Å²) in [5, 5.41) is 2.65. The van der Waals surface area contributed by atoms with Gasteiger partial charge in [0.1, 0.15) is 11.8 Å². The van der Waals surface area contributed by atoms with Crippen molar-refractivity contribution in [2.75, 3.05) is 45.0 Å². The lowest BCUT2D eigenvalue weighted by Crippen LogP contribution is -2.50. The Hall–Kier alpha value is -3.95. The third kappa shape index (κ3) is 4.30. The van der Waals surface area contributed by atoms with E-state index in [0.29, 0.717) is 37.7 Å². The predicted octanol–water partition coefficient (Wildman–Crippen LogP) is 1.58. The van der Waals surface area contributed by atoms with Crippen molar-refractivity contribution in [1.82, 2.24) is 15.1 Å². The van der Waals surface area contributed by atoms with Gasteiger partial charge in [0.2, 0.25) is 12.7 Å². The van der Waals surface area contributed by atoms with E-state index in [4.69, 9.17) is 14.2 Å². The molecule has 1 N–H and O–H groups in total. The Labute approximate surface area is 197 Å². The third-order valence-corrected chi connectivity index (χ3v) is 6.31. The lowest BCUT2D eigenvalue weighted by atomic mass is 10.1. The molecule has 5 rings (SSSR count). The van der Waals surface area contributed by atoms with Crippen LogP contribution in [-0.4, -0.2) is 73.8 Å². The Morgan fingerprint density at radius 3 is 2.65 bits per heavy atom. The number of anilines is 1. The maximum absolute atomic E-state index is 12.9. The average molecular weight is 466 g/mol. The Balaban J connectivity index is 1.15. The van der Waals surface area contributed by atoms with Gasteiger partial charge in [-0.15, -0.1) is 0 Å². The van der Waals surface area contributed by atoms with Crippen LogP contribution in [-0.2, 0) is 16.1 Å². The van der Waals surface area contributed by atoms with Crippen LogP contribution in [0.4, 0.5) is 10.5 Å². The van der Waals surface area contributed by atoms with Crippen LogP contribution in [0.3, 0.4) is 0 Å². The molecular formula is C24H26N4O6. The third-order valence-electron chi connectivity index (χ3n) is 6.31. The second kappa shape index (κ2) is 9.12. The highest BCUT2D eigenvalue weighted by Crippen LogP contribution is 2.33. The maximum atomic E-state index is 12.9. The number of fused-ring (bicyclic) bond motifs is 1. The molecule has 0 radical (unpaired) electrons. The number of rotatable bonds is 6. The number of hydrogen-bond acceptors (Lipinski definition) is 7. The molecule has 0 unspecified atom stereocenters. The van der Waals surface area contributed by atoms with Gasteiger partial charge in [0.15, 0.2) is 11.5 Å². The molecule has 1 atom stereocenters. The van der Waals surface area contributed by atoms with E-state index in [1.54, 1.807) is 30.2 Å². The van der Waals surface area contributed by atoms with Crippen LogP contribution in [0.1, 0.15) is 12.0 Å². The van der Waals surface area contributed by atoms with E-state index in [2.05, 4.69) is 10.2 Å². The number of nitrogens with one attached hydrogen (secondary N) is 1. The number of methoxy groups -OCH3 is 1. The summed E-state index contributed by atoms with van der Waals surface area (Å²) < 4.78 is 15.9. The van der Waals surface area contributed by atoms with Crippen LogP contribution < -0.4 is 24.4 Å². The minimum Gasteiger partial charge on any atom is -0.497 e. The van der Waals surface area contributed by atoms with Crippen LogP contribution >= 0.6 is 0 Å². The van der Waals surface area contributed by atoms with E-state index < -0.39 is 18.0 Å². The Kier molecular flexibility index (Phi) is 5.87. The number of ether oxygens (including phenoxy) is 3. The molecular weight excluding hydrogens is 440 g/mol. The summed E-state index contributed by atoms with van der Waals surface area (Å²) in [5.41, 5.74) is 1.79. The van der Waals surface area contributed by atoms with Gasteiger partial charge in [0.05, 0.1) is 20.1 Å². The zero-order valence-electron chi connectivity index (χ0n) is 18.9. The maximum Gasteiger partial charge on any atom is 0.325 e. The topological polar surface area (TPSA) is 101 Å². The summed E-state index contributed by atoms with van der Waals surface area (Å²) >= 11 is 0. The molecule has 0 spiro atoms. The molecule has 2 saturated heterocycles. The van der Waals surface area contributed by atoms with Gasteiger partial charge in [-0.1, -0.05) is 12.1 Å². The van der Waals surface area contributed by atoms with Crippen LogP contribution in [0.25, 0.3) is 0 Å². The van der Waals surface area contributed by atoms with Crippen LogP contribution in [0.2, 0.25) is 0 Å². The fraction of sp³-hybridized carbons (Fsp3) is 0.375. The SMILES string of the molecule is COc1cccc(N2CCN(C(=O)C[C@H]3NC(=O)N(Cc4ccc5c(c4)OCO5)C3=O)CC2)c1. The molecule has 2 fully saturated rings. The van der Waals surface area contributed by atoms with E-state index in [9.17, 15) is 14.4 Å². The van der Waals surface area contributed by atoms with Gasteiger partial charge in [0, 0.05) is 37.9 Å². The number of hydrogen-bond donors (Lipinski definition) is 1. The molecule has 3 heterocycles. The van der Waals surface area contributed by atoms with Crippen LogP contribution in [0.15, 0.2) is 42.5 Å². The Morgan fingerprint density at radius 1 is 1.06 bits per heavy atom. The normalized spacial score (nSPS) is 19.4. The van der Waals surface area contributed by atoms with Crippen LogP contribution in [0, 0.1) is 0 Å². The molecule has 3 aliphatic heterocycles. The van der Waals surface area contributed by atoms with Crippen molar-refractivity contribution in [1.29, 1.82) is 0 Å². The first-order chi connectivity index (χ1) is 16.5. The molecule has 0 bridgehead atoms. The van der Waals surface area contributed by atoms with Gasteiger partial charge in [0.25, 0.3) is 5.91 Å². The lowest BCUT2D eigenvalue weighted by molar-refractivity contribution is -0.136. The van der Waals surface area contributed by atoms with Crippen molar-refractivity contribution in [3.63, 3.8) is 0 Å². The average Bonchev–Trinajstić information content (AvgIpc) is 3.43.